The molecule has 1 fully saturated rings. The van der Waals surface area contributed by atoms with Crippen LogP contribution in [0, 0.1) is 5.92 Å². The van der Waals surface area contributed by atoms with Crippen LogP contribution in [0.1, 0.15) is 38.7 Å². The van der Waals surface area contributed by atoms with Crippen LogP contribution >= 0.6 is 0 Å². The van der Waals surface area contributed by atoms with E-state index in [-0.39, 0.29) is 11.9 Å². The summed E-state index contributed by atoms with van der Waals surface area (Å²) in [5.74, 6) is 0.887. The lowest BCUT2D eigenvalue weighted by Gasteiger charge is -2.35. The number of benzene rings is 1. The summed E-state index contributed by atoms with van der Waals surface area (Å²) in [4.78, 5) is 14.6. The summed E-state index contributed by atoms with van der Waals surface area (Å²) in [6.45, 7) is 8.21. The van der Waals surface area contributed by atoms with Crippen molar-refractivity contribution in [3.8, 4) is 0 Å². The maximum atomic E-state index is 12.3. The van der Waals surface area contributed by atoms with Crippen molar-refractivity contribution in [3.05, 3.63) is 35.9 Å². The molecule has 1 aromatic rings. The molecule has 0 spiro atoms. The molecule has 1 heterocycles. The number of rotatable bonds is 9. The standard InChI is InChI=1S/C20H32N2O2/c1-3-24-15-7-12-21-20(23)17(2)22-13-10-19(11-14-22)16-18-8-5-4-6-9-18/h4-6,8-9,17,19H,3,7,10-16H2,1-2H3,(H,21,23). The van der Waals surface area contributed by atoms with Gasteiger partial charge < -0.3 is 10.1 Å². The molecule has 24 heavy (non-hydrogen) atoms. The molecule has 1 aliphatic heterocycles. The average molecular weight is 332 g/mol. The molecule has 1 N–H and O–H groups in total. The fourth-order valence-corrected chi connectivity index (χ4v) is 3.34. The lowest BCUT2D eigenvalue weighted by atomic mass is 9.89. The van der Waals surface area contributed by atoms with Crippen molar-refractivity contribution in [2.75, 3.05) is 32.8 Å². The van der Waals surface area contributed by atoms with E-state index in [4.69, 9.17) is 4.74 Å². The molecule has 1 unspecified atom stereocenters. The SMILES string of the molecule is CCOCCCNC(=O)C(C)N1CCC(Cc2ccccc2)CC1. The molecule has 4 nitrogen and oxygen atoms in total. The Kier molecular flexibility index (Phi) is 8.26. The van der Waals surface area contributed by atoms with E-state index in [0.29, 0.717) is 6.54 Å². The zero-order valence-corrected chi connectivity index (χ0v) is 15.2. The Labute approximate surface area is 146 Å². The van der Waals surface area contributed by atoms with E-state index in [9.17, 15) is 4.79 Å². The van der Waals surface area contributed by atoms with Crippen LogP contribution in [0.2, 0.25) is 0 Å². The maximum absolute atomic E-state index is 12.3. The second-order valence-corrected chi connectivity index (χ2v) is 6.69. The minimum Gasteiger partial charge on any atom is -0.382 e. The Morgan fingerprint density at radius 3 is 2.67 bits per heavy atom. The Bertz CT molecular complexity index is 470. The summed E-state index contributed by atoms with van der Waals surface area (Å²) >= 11 is 0. The summed E-state index contributed by atoms with van der Waals surface area (Å²) in [5, 5.41) is 3.03. The molecule has 0 saturated carbocycles. The Hall–Kier alpha value is -1.39. The van der Waals surface area contributed by atoms with E-state index in [1.54, 1.807) is 0 Å². The molecule has 1 saturated heterocycles. The zero-order valence-electron chi connectivity index (χ0n) is 15.2. The van der Waals surface area contributed by atoms with Gasteiger partial charge in [0, 0.05) is 19.8 Å². The topological polar surface area (TPSA) is 41.6 Å². The predicted octanol–water partition coefficient (Wildman–Crippen LogP) is 2.87. The Morgan fingerprint density at radius 2 is 2.00 bits per heavy atom. The largest absolute Gasteiger partial charge is 0.382 e. The van der Waals surface area contributed by atoms with E-state index < -0.39 is 0 Å². The monoisotopic (exact) mass is 332 g/mol. The molecule has 0 aliphatic carbocycles. The van der Waals surface area contributed by atoms with Crippen molar-refractivity contribution in [1.82, 2.24) is 10.2 Å². The summed E-state index contributed by atoms with van der Waals surface area (Å²) < 4.78 is 5.29. The van der Waals surface area contributed by atoms with Gasteiger partial charge in [-0.15, -0.1) is 0 Å². The lowest BCUT2D eigenvalue weighted by Crippen LogP contribution is -2.48. The molecule has 1 aromatic carbocycles. The van der Waals surface area contributed by atoms with Crippen molar-refractivity contribution in [2.45, 2.75) is 45.6 Å². The zero-order chi connectivity index (χ0) is 17.2. The van der Waals surface area contributed by atoms with Crippen molar-refractivity contribution in [1.29, 1.82) is 0 Å². The highest BCUT2D eigenvalue weighted by Crippen LogP contribution is 2.22. The van der Waals surface area contributed by atoms with Crippen molar-refractivity contribution in [2.24, 2.45) is 5.92 Å². The third kappa shape index (κ3) is 6.25. The number of nitrogens with zero attached hydrogens (tertiary/aromatic N) is 1. The molecule has 0 aromatic heterocycles. The van der Waals surface area contributed by atoms with Crippen molar-refractivity contribution >= 4 is 5.91 Å². The number of carbonyl (C=O) groups is 1. The van der Waals surface area contributed by atoms with Crippen molar-refractivity contribution < 1.29 is 9.53 Å². The highest BCUT2D eigenvalue weighted by molar-refractivity contribution is 5.81. The predicted molar refractivity (Wildman–Crippen MR) is 98.0 cm³/mol. The van der Waals surface area contributed by atoms with Crippen LogP contribution < -0.4 is 5.32 Å². The molecular formula is C20H32N2O2. The van der Waals surface area contributed by atoms with Crippen LogP contribution in [-0.4, -0.2) is 49.7 Å². The van der Waals surface area contributed by atoms with E-state index in [1.165, 1.54) is 18.4 Å². The van der Waals surface area contributed by atoms with E-state index >= 15 is 0 Å². The first-order chi connectivity index (χ1) is 11.7. The van der Waals surface area contributed by atoms with Crippen LogP contribution in [0.25, 0.3) is 0 Å². The van der Waals surface area contributed by atoms with Gasteiger partial charge in [-0.1, -0.05) is 30.3 Å². The van der Waals surface area contributed by atoms with Gasteiger partial charge in [-0.3, -0.25) is 9.69 Å². The minimum absolute atomic E-state index is 0.0326. The van der Waals surface area contributed by atoms with Crippen LogP contribution in [0.15, 0.2) is 30.3 Å². The van der Waals surface area contributed by atoms with Gasteiger partial charge in [-0.2, -0.15) is 0 Å². The quantitative estimate of drug-likeness (QED) is 0.707. The van der Waals surface area contributed by atoms with Crippen LogP contribution in [0.5, 0.6) is 0 Å². The molecule has 1 atom stereocenters. The highest BCUT2D eigenvalue weighted by Gasteiger charge is 2.26. The van der Waals surface area contributed by atoms with Gasteiger partial charge in [0.15, 0.2) is 0 Å². The van der Waals surface area contributed by atoms with Crippen LogP contribution in [0.4, 0.5) is 0 Å². The molecular weight excluding hydrogens is 300 g/mol. The van der Waals surface area contributed by atoms with Crippen LogP contribution in [-0.2, 0) is 16.0 Å². The van der Waals surface area contributed by atoms with Gasteiger partial charge >= 0.3 is 0 Å². The van der Waals surface area contributed by atoms with E-state index in [2.05, 4.69) is 40.5 Å². The summed E-state index contributed by atoms with van der Waals surface area (Å²) in [6.07, 6.45) is 4.39. The molecule has 4 heteroatoms. The summed E-state index contributed by atoms with van der Waals surface area (Å²) in [5.41, 5.74) is 1.43. The average Bonchev–Trinajstić information content (AvgIpc) is 2.62. The Balaban J connectivity index is 1.66. The summed E-state index contributed by atoms with van der Waals surface area (Å²) in [6, 6.07) is 10.7. The number of amides is 1. The van der Waals surface area contributed by atoms with E-state index in [1.807, 2.05) is 13.8 Å². The first-order valence-corrected chi connectivity index (χ1v) is 9.34. The smallest absolute Gasteiger partial charge is 0.237 e. The first-order valence-electron chi connectivity index (χ1n) is 9.34. The molecule has 2 rings (SSSR count). The first kappa shape index (κ1) is 18.9. The van der Waals surface area contributed by atoms with Gasteiger partial charge in [0.1, 0.15) is 0 Å². The number of hydrogen-bond acceptors (Lipinski definition) is 3. The van der Waals surface area contributed by atoms with Crippen molar-refractivity contribution in [3.63, 3.8) is 0 Å². The fraction of sp³-hybridized carbons (Fsp3) is 0.650. The lowest BCUT2D eigenvalue weighted by molar-refractivity contribution is -0.126. The maximum Gasteiger partial charge on any atom is 0.237 e. The molecule has 134 valence electrons. The number of carbonyl (C=O) groups excluding carboxylic acids is 1. The van der Waals surface area contributed by atoms with Crippen LogP contribution in [0.3, 0.4) is 0 Å². The van der Waals surface area contributed by atoms with Gasteiger partial charge in [-0.05, 0) is 64.1 Å². The van der Waals surface area contributed by atoms with Gasteiger partial charge in [0.05, 0.1) is 6.04 Å². The van der Waals surface area contributed by atoms with Gasteiger partial charge in [0.25, 0.3) is 0 Å². The third-order valence-corrected chi connectivity index (χ3v) is 4.91. The number of piperidine rings is 1. The minimum atomic E-state index is -0.0326. The highest BCUT2D eigenvalue weighted by atomic mass is 16.5. The molecule has 0 radical (unpaired) electrons. The number of hydrogen-bond donors (Lipinski definition) is 1. The second-order valence-electron chi connectivity index (χ2n) is 6.69. The third-order valence-electron chi connectivity index (χ3n) is 4.91. The Morgan fingerprint density at radius 1 is 1.29 bits per heavy atom. The summed E-state index contributed by atoms with van der Waals surface area (Å²) in [7, 11) is 0. The normalized spacial score (nSPS) is 17.6. The van der Waals surface area contributed by atoms with E-state index in [0.717, 1.165) is 45.1 Å². The van der Waals surface area contributed by atoms with Gasteiger partial charge in [0.2, 0.25) is 5.91 Å². The molecule has 1 aliphatic rings. The van der Waals surface area contributed by atoms with Gasteiger partial charge in [-0.25, -0.2) is 0 Å². The fourth-order valence-electron chi connectivity index (χ4n) is 3.34. The number of likely N-dealkylation sites (tertiary alicyclic amines) is 1. The number of nitrogens with one attached hydrogen (secondary N) is 1. The molecule has 0 bridgehead atoms. The molecule has 1 amide bonds. The second kappa shape index (κ2) is 10.5. The number of ether oxygens (including phenoxy) is 1.